The molecule has 2 N–H and O–H groups in total. The van der Waals surface area contributed by atoms with Crippen LogP contribution in [0.15, 0.2) is 95.4 Å². The molecule has 2 aromatic heterocycles. The molecule has 1 aliphatic heterocycles. The number of rotatable bonds is 9. The number of aromatic nitrogens is 2. The fraction of sp³-hybridized carbons (Fsp3) is 0.242. The topological polar surface area (TPSA) is 94.5 Å². The van der Waals surface area contributed by atoms with E-state index in [2.05, 4.69) is 15.2 Å². The van der Waals surface area contributed by atoms with Crippen LogP contribution in [0, 0.1) is 0 Å². The number of H-pyrrole nitrogens is 1. The Kier molecular flexibility index (Phi) is 7.65. The fourth-order valence-electron chi connectivity index (χ4n) is 5.35. The van der Waals surface area contributed by atoms with Gasteiger partial charge in [0.1, 0.15) is 11.6 Å². The molecule has 1 atom stereocenters. The van der Waals surface area contributed by atoms with Crippen LogP contribution in [-0.4, -0.2) is 52.9 Å². The van der Waals surface area contributed by atoms with Gasteiger partial charge in [0, 0.05) is 29.9 Å². The Labute approximate surface area is 239 Å². The van der Waals surface area contributed by atoms with Gasteiger partial charge >= 0.3 is 0 Å². The van der Waals surface area contributed by atoms with E-state index in [-0.39, 0.29) is 23.6 Å². The number of imidazole rings is 1. The second-order valence-electron chi connectivity index (χ2n) is 10.4. The van der Waals surface area contributed by atoms with Gasteiger partial charge < -0.3 is 19.6 Å². The number of nitrogens with one attached hydrogen (secondary N) is 2. The largest absolute Gasteiger partial charge is 0.451 e. The van der Waals surface area contributed by atoms with Crippen molar-refractivity contribution >= 4 is 28.5 Å². The van der Waals surface area contributed by atoms with Gasteiger partial charge in [-0.05, 0) is 93.5 Å². The molecule has 0 bridgehead atoms. The van der Waals surface area contributed by atoms with Crippen molar-refractivity contribution in [2.45, 2.75) is 25.8 Å². The van der Waals surface area contributed by atoms with Gasteiger partial charge in [-0.25, -0.2) is 4.98 Å². The van der Waals surface area contributed by atoms with Crippen LogP contribution < -0.4 is 10.2 Å². The van der Waals surface area contributed by atoms with Crippen molar-refractivity contribution in [2.75, 3.05) is 31.1 Å². The van der Waals surface area contributed by atoms with Crippen molar-refractivity contribution in [3.05, 3.63) is 108 Å². The first-order valence-electron chi connectivity index (χ1n) is 14.1. The van der Waals surface area contributed by atoms with E-state index in [0.29, 0.717) is 23.7 Å². The van der Waals surface area contributed by atoms with Gasteiger partial charge in [0.25, 0.3) is 11.8 Å². The van der Waals surface area contributed by atoms with Crippen molar-refractivity contribution in [3.8, 4) is 11.3 Å². The first kappa shape index (κ1) is 26.5. The number of hydrogen-bond acceptors (Lipinski definition) is 5. The molecule has 208 valence electrons. The van der Waals surface area contributed by atoms with Crippen LogP contribution in [0.1, 0.15) is 52.5 Å². The lowest BCUT2D eigenvalue weighted by Crippen LogP contribution is -2.34. The van der Waals surface area contributed by atoms with E-state index in [4.69, 9.17) is 9.40 Å². The highest BCUT2D eigenvalue weighted by atomic mass is 16.3. The Morgan fingerprint density at radius 1 is 0.951 bits per heavy atom. The standard InChI is InChI=1S/C33H33N5O3/c1-23(31-35-27-11-5-6-12-28(27)36-31)38(33(40)25-9-3-2-4-10-25)26-15-13-24(14-16-26)29-17-18-30(41-29)32(39)34-19-22-37-20-7-8-21-37/h2-6,9-18,23H,7-8,19-22H2,1H3,(H,34,39)(H,35,36). The normalized spacial score (nSPS) is 14.3. The lowest BCUT2D eigenvalue weighted by atomic mass is 10.1. The Bertz CT molecular complexity index is 1600. The maximum atomic E-state index is 13.8. The number of benzene rings is 3. The molecule has 3 aromatic carbocycles. The van der Waals surface area contributed by atoms with Crippen molar-refractivity contribution in [1.82, 2.24) is 20.2 Å². The summed E-state index contributed by atoms with van der Waals surface area (Å²) in [6.07, 6.45) is 2.45. The molecule has 8 nitrogen and oxygen atoms in total. The number of anilines is 1. The first-order chi connectivity index (χ1) is 20.1. The number of aromatic amines is 1. The zero-order valence-electron chi connectivity index (χ0n) is 23.0. The molecule has 0 saturated carbocycles. The van der Waals surface area contributed by atoms with E-state index in [1.54, 1.807) is 17.0 Å². The van der Waals surface area contributed by atoms with Gasteiger partial charge in [0.15, 0.2) is 5.76 Å². The fourth-order valence-corrected chi connectivity index (χ4v) is 5.35. The average molecular weight is 548 g/mol. The number of fused-ring (bicyclic) bond motifs is 1. The summed E-state index contributed by atoms with van der Waals surface area (Å²) in [5.41, 5.74) is 3.90. The molecule has 1 unspecified atom stereocenters. The molecule has 3 heterocycles. The second-order valence-corrected chi connectivity index (χ2v) is 10.4. The number of amides is 2. The molecule has 6 rings (SSSR count). The highest BCUT2D eigenvalue weighted by Gasteiger charge is 2.27. The number of hydrogen-bond donors (Lipinski definition) is 2. The predicted octanol–water partition coefficient (Wildman–Crippen LogP) is 6.06. The van der Waals surface area contributed by atoms with Crippen LogP contribution in [0.5, 0.6) is 0 Å². The number of carbonyl (C=O) groups is 2. The number of furan rings is 1. The Morgan fingerprint density at radius 2 is 1.68 bits per heavy atom. The van der Waals surface area contributed by atoms with Gasteiger partial charge in [-0.2, -0.15) is 0 Å². The summed E-state index contributed by atoms with van der Waals surface area (Å²) in [6.45, 7) is 5.61. The highest BCUT2D eigenvalue weighted by molar-refractivity contribution is 6.06. The molecular formula is C33H33N5O3. The number of carbonyl (C=O) groups excluding carboxylic acids is 2. The molecule has 0 aliphatic carbocycles. The monoisotopic (exact) mass is 547 g/mol. The van der Waals surface area contributed by atoms with Crippen molar-refractivity contribution in [2.24, 2.45) is 0 Å². The molecule has 0 spiro atoms. The molecule has 1 aliphatic rings. The summed E-state index contributed by atoms with van der Waals surface area (Å²) in [5, 5.41) is 2.95. The van der Waals surface area contributed by atoms with Crippen LogP contribution in [0.25, 0.3) is 22.4 Å². The smallest absolute Gasteiger partial charge is 0.287 e. The summed E-state index contributed by atoms with van der Waals surface area (Å²) in [6, 6.07) is 27.8. The van der Waals surface area contributed by atoms with Gasteiger partial charge in [-0.1, -0.05) is 30.3 Å². The zero-order valence-corrected chi connectivity index (χ0v) is 23.0. The molecule has 8 heteroatoms. The van der Waals surface area contributed by atoms with Crippen LogP contribution in [0.4, 0.5) is 5.69 Å². The quantitative estimate of drug-likeness (QED) is 0.234. The first-order valence-corrected chi connectivity index (χ1v) is 14.1. The van der Waals surface area contributed by atoms with E-state index in [9.17, 15) is 9.59 Å². The average Bonchev–Trinajstić information content (AvgIpc) is 3.79. The van der Waals surface area contributed by atoms with Gasteiger partial charge in [0.2, 0.25) is 0 Å². The predicted molar refractivity (Wildman–Crippen MR) is 160 cm³/mol. The summed E-state index contributed by atoms with van der Waals surface area (Å²) >= 11 is 0. The van der Waals surface area contributed by atoms with Crippen LogP contribution in [-0.2, 0) is 0 Å². The van der Waals surface area contributed by atoms with E-state index < -0.39 is 0 Å². The summed E-state index contributed by atoms with van der Waals surface area (Å²) in [4.78, 5) is 38.6. The summed E-state index contributed by atoms with van der Waals surface area (Å²) in [5.74, 6) is 1.23. The number of para-hydroxylation sites is 2. The molecule has 41 heavy (non-hydrogen) atoms. The van der Waals surface area contributed by atoms with Gasteiger partial charge in [-0.15, -0.1) is 0 Å². The second kappa shape index (κ2) is 11.8. The minimum atomic E-state index is -0.361. The van der Waals surface area contributed by atoms with Crippen LogP contribution >= 0.6 is 0 Å². The van der Waals surface area contributed by atoms with E-state index in [1.807, 2.05) is 85.8 Å². The lowest BCUT2D eigenvalue weighted by Gasteiger charge is -2.28. The molecule has 1 fully saturated rings. The Balaban J connectivity index is 1.22. The molecule has 5 aromatic rings. The third-order valence-corrected chi connectivity index (χ3v) is 7.60. The number of nitrogens with zero attached hydrogens (tertiary/aromatic N) is 3. The molecule has 0 radical (unpaired) electrons. The molecular weight excluding hydrogens is 514 g/mol. The van der Waals surface area contributed by atoms with Gasteiger partial charge in [-0.3, -0.25) is 14.5 Å². The maximum absolute atomic E-state index is 13.8. The van der Waals surface area contributed by atoms with Crippen molar-refractivity contribution in [1.29, 1.82) is 0 Å². The summed E-state index contributed by atoms with van der Waals surface area (Å²) in [7, 11) is 0. The van der Waals surface area contributed by atoms with E-state index in [0.717, 1.165) is 41.9 Å². The summed E-state index contributed by atoms with van der Waals surface area (Å²) < 4.78 is 5.90. The Hall–Kier alpha value is -4.69. The third-order valence-electron chi connectivity index (χ3n) is 7.60. The van der Waals surface area contributed by atoms with E-state index in [1.165, 1.54) is 12.8 Å². The van der Waals surface area contributed by atoms with Gasteiger partial charge in [0.05, 0.1) is 17.1 Å². The van der Waals surface area contributed by atoms with Crippen LogP contribution in [0.2, 0.25) is 0 Å². The van der Waals surface area contributed by atoms with Crippen molar-refractivity contribution in [3.63, 3.8) is 0 Å². The lowest BCUT2D eigenvalue weighted by molar-refractivity contribution is 0.0922. The minimum Gasteiger partial charge on any atom is -0.451 e. The minimum absolute atomic E-state index is 0.128. The zero-order chi connectivity index (χ0) is 28.2. The SMILES string of the molecule is CC(c1nc2ccccc2[nH]1)N(C(=O)c1ccccc1)c1ccc(-c2ccc(C(=O)NCCN3CCCC3)o2)cc1. The molecule has 2 amide bonds. The number of likely N-dealkylation sites (tertiary alicyclic amines) is 1. The van der Waals surface area contributed by atoms with Crippen LogP contribution in [0.3, 0.4) is 0 Å². The highest BCUT2D eigenvalue weighted by Crippen LogP contribution is 2.31. The third kappa shape index (κ3) is 5.78. The maximum Gasteiger partial charge on any atom is 0.287 e. The Morgan fingerprint density at radius 3 is 2.44 bits per heavy atom. The molecule has 1 saturated heterocycles. The van der Waals surface area contributed by atoms with E-state index >= 15 is 0 Å². The van der Waals surface area contributed by atoms with Crippen molar-refractivity contribution < 1.29 is 14.0 Å².